The molecule has 0 aliphatic carbocycles. The third kappa shape index (κ3) is 0.972. The van der Waals surface area contributed by atoms with E-state index in [9.17, 15) is 9.18 Å². The van der Waals surface area contributed by atoms with Crippen molar-refractivity contribution in [2.24, 2.45) is 0 Å². The Morgan fingerprint density at radius 3 is 3.08 bits per heavy atom. The van der Waals surface area contributed by atoms with Crippen LogP contribution in [0.4, 0.5) is 4.39 Å². The van der Waals surface area contributed by atoms with Crippen LogP contribution < -0.4 is 0 Å². The fourth-order valence-corrected chi connectivity index (χ4v) is 0.969. The van der Waals surface area contributed by atoms with Gasteiger partial charge < -0.3 is 4.42 Å². The number of halogens is 1. The van der Waals surface area contributed by atoms with E-state index in [2.05, 4.69) is 4.98 Å². The molecule has 0 atom stereocenters. The molecule has 12 heavy (non-hydrogen) atoms. The van der Waals surface area contributed by atoms with E-state index in [1.807, 2.05) is 0 Å². The van der Waals surface area contributed by atoms with Crippen LogP contribution >= 0.6 is 0 Å². The van der Waals surface area contributed by atoms with E-state index in [0.29, 0.717) is 17.4 Å². The Hall–Kier alpha value is -1.71. The average Bonchev–Trinajstić information content (AvgIpc) is 2.46. The molecule has 0 bridgehead atoms. The fraction of sp³-hybridized carbons (Fsp3) is 0. The first-order valence-electron chi connectivity index (χ1n) is 3.31. The van der Waals surface area contributed by atoms with Crippen LogP contribution in [0.2, 0.25) is 0 Å². The van der Waals surface area contributed by atoms with Gasteiger partial charge in [0.25, 0.3) is 5.89 Å². The van der Waals surface area contributed by atoms with Crippen LogP contribution in [0.1, 0.15) is 10.7 Å². The van der Waals surface area contributed by atoms with Crippen molar-refractivity contribution in [1.29, 1.82) is 0 Å². The SMILES string of the molecule is O=Cc1nc2cc(F)ccc2o1. The highest BCUT2D eigenvalue weighted by molar-refractivity contribution is 5.78. The van der Waals surface area contributed by atoms with Gasteiger partial charge >= 0.3 is 0 Å². The zero-order valence-corrected chi connectivity index (χ0v) is 5.95. The molecule has 2 rings (SSSR count). The lowest BCUT2D eigenvalue weighted by molar-refractivity contribution is 0.109. The first-order valence-corrected chi connectivity index (χ1v) is 3.31. The number of rotatable bonds is 1. The molecule has 0 saturated heterocycles. The first-order chi connectivity index (χ1) is 5.79. The van der Waals surface area contributed by atoms with Crippen LogP contribution in [0, 0.1) is 5.82 Å². The van der Waals surface area contributed by atoms with E-state index in [4.69, 9.17) is 4.42 Å². The highest BCUT2D eigenvalue weighted by Gasteiger charge is 2.04. The number of nitrogens with zero attached hydrogens (tertiary/aromatic N) is 1. The van der Waals surface area contributed by atoms with Gasteiger partial charge in [0.05, 0.1) is 0 Å². The van der Waals surface area contributed by atoms with Gasteiger partial charge in [0.15, 0.2) is 5.58 Å². The molecule has 2 aromatic rings. The summed E-state index contributed by atoms with van der Waals surface area (Å²) < 4.78 is 17.5. The van der Waals surface area contributed by atoms with Crippen molar-refractivity contribution in [2.45, 2.75) is 0 Å². The third-order valence-corrected chi connectivity index (χ3v) is 1.47. The Labute approximate surface area is 66.8 Å². The molecule has 0 unspecified atom stereocenters. The summed E-state index contributed by atoms with van der Waals surface area (Å²) in [5.74, 6) is -0.427. The van der Waals surface area contributed by atoms with E-state index < -0.39 is 5.82 Å². The topological polar surface area (TPSA) is 43.1 Å². The predicted octanol–water partition coefficient (Wildman–Crippen LogP) is 1.78. The highest BCUT2D eigenvalue weighted by atomic mass is 19.1. The Balaban J connectivity index is 2.75. The molecule has 0 spiro atoms. The van der Waals surface area contributed by atoms with E-state index in [1.165, 1.54) is 18.2 Å². The van der Waals surface area contributed by atoms with Gasteiger partial charge in [0, 0.05) is 6.07 Å². The Morgan fingerprint density at radius 2 is 2.33 bits per heavy atom. The van der Waals surface area contributed by atoms with Gasteiger partial charge in [-0.05, 0) is 12.1 Å². The zero-order chi connectivity index (χ0) is 8.55. The van der Waals surface area contributed by atoms with Crippen molar-refractivity contribution in [1.82, 2.24) is 4.98 Å². The van der Waals surface area contributed by atoms with Crippen molar-refractivity contribution in [3.8, 4) is 0 Å². The second-order valence-corrected chi connectivity index (χ2v) is 2.28. The second-order valence-electron chi connectivity index (χ2n) is 2.28. The van der Waals surface area contributed by atoms with Gasteiger partial charge in [-0.15, -0.1) is 0 Å². The largest absolute Gasteiger partial charge is 0.434 e. The summed E-state index contributed by atoms with van der Waals surface area (Å²) in [5, 5.41) is 0. The number of carbonyl (C=O) groups is 1. The Bertz CT molecular complexity index is 436. The quantitative estimate of drug-likeness (QED) is 0.605. The number of aromatic nitrogens is 1. The van der Waals surface area contributed by atoms with Crippen LogP contribution in [0.3, 0.4) is 0 Å². The molecule has 0 fully saturated rings. The fourth-order valence-electron chi connectivity index (χ4n) is 0.969. The van der Waals surface area contributed by atoms with Crippen LogP contribution in [-0.2, 0) is 0 Å². The maximum atomic E-state index is 12.6. The monoisotopic (exact) mass is 165 g/mol. The lowest BCUT2D eigenvalue weighted by Gasteiger charge is -1.84. The third-order valence-electron chi connectivity index (χ3n) is 1.47. The summed E-state index contributed by atoms with van der Waals surface area (Å²) in [6, 6.07) is 3.90. The lowest BCUT2D eigenvalue weighted by atomic mass is 10.3. The summed E-state index contributed by atoms with van der Waals surface area (Å²) in [7, 11) is 0. The van der Waals surface area contributed by atoms with Gasteiger partial charge in [-0.2, -0.15) is 0 Å². The maximum absolute atomic E-state index is 12.6. The minimum atomic E-state index is -0.395. The Kier molecular flexibility index (Phi) is 1.40. The normalized spacial score (nSPS) is 10.4. The maximum Gasteiger partial charge on any atom is 0.260 e. The number of aldehydes is 1. The number of oxazole rings is 1. The molecule has 0 aliphatic rings. The molecule has 0 radical (unpaired) electrons. The van der Waals surface area contributed by atoms with Crippen LogP contribution in [0.15, 0.2) is 22.6 Å². The number of fused-ring (bicyclic) bond motifs is 1. The van der Waals surface area contributed by atoms with Gasteiger partial charge in [-0.25, -0.2) is 9.37 Å². The number of hydrogen-bond acceptors (Lipinski definition) is 3. The highest BCUT2D eigenvalue weighted by Crippen LogP contribution is 2.15. The average molecular weight is 165 g/mol. The molecule has 0 amide bonds. The minimum Gasteiger partial charge on any atom is -0.434 e. The molecule has 3 nitrogen and oxygen atoms in total. The number of benzene rings is 1. The van der Waals surface area contributed by atoms with E-state index in [0.717, 1.165) is 0 Å². The van der Waals surface area contributed by atoms with Crippen LogP contribution in [0.25, 0.3) is 11.1 Å². The van der Waals surface area contributed by atoms with Crippen molar-refractivity contribution in [3.05, 3.63) is 29.9 Å². The van der Waals surface area contributed by atoms with E-state index in [1.54, 1.807) is 0 Å². The molecule has 1 heterocycles. The van der Waals surface area contributed by atoms with Gasteiger partial charge in [0.1, 0.15) is 11.3 Å². The summed E-state index contributed by atoms with van der Waals surface area (Å²) in [6.07, 6.45) is 0.484. The van der Waals surface area contributed by atoms with Crippen molar-refractivity contribution < 1.29 is 13.6 Å². The second kappa shape index (κ2) is 2.41. The smallest absolute Gasteiger partial charge is 0.260 e. The summed E-state index contributed by atoms with van der Waals surface area (Å²) in [4.78, 5) is 13.9. The summed E-state index contributed by atoms with van der Waals surface area (Å²) >= 11 is 0. The van der Waals surface area contributed by atoms with Crippen molar-refractivity contribution >= 4 is 17.4 Å². The molecular formula is C8H4FNO2. The van der Waals surface area contributed by atoms with Crippen LogP contribution in [-0.4, -0.2) is 11.3 Å². The van der Waals surface area contributed by atoms with Gasteiger partial charge in [-0.3, -0.25) is 4.79 Å². The molecule has 1 aromatic heterocycles. The summed E-state index contributed by atoms with van der Waals surface area (Å²) in [5.41, 5.74) is 0.774. The zero-order valence-electron chi connectivity index (χ0n) is 5.95. The van der Waals surface area contributed by atoms with Gasteiger partial charge in [-0.1, -0.05) is 0 Å². The molecule has 0 saturated carbocycles. The number of hydrogen-bond donors (Lipinski definition) is 0. The van der Waals surface area contributed by atoms with Crippen LogP contribution in [0.5, 0.6) is 0 Å². The lowest BCUT2D eigenvalue weighted by Crippen LogP contribution is -1.75. The first kappa shape index (κ1) is 6.97. The molecule has 0 aliphatic heterocycles. The molecule has 0 N–H and O–H groups in total. The van der Waals surface area contributed by atoms with Gasteiger partial charge in [0.2, 0.25) is 6.29 Å². The predicted molar refractivity (Wildman–Crippen MR) is 39.4 cm³/mol. The minimum absolute atomic E-state index is 0.0319. The van der Waals surface area contributed by atoms with Crippen molar-refractivity contribution in [3.63, 3.8) is 0 Å². The van der Waals surface area contributed by atoms with E-state index >= 15 is 0 Å². The standard InChI is InChI=1S/C8H4FNO2/c9-5-1-2-7-6(3-5)10-8(4-11)12-7/h1-4H. The summed E-state index contributed by atoms with van der Waals surface area (Å²) in [6.45, 7) is 0. The molecule has 60 valence electrons. The van der Waals surface area contributed by atoms with Crippen molar-refractivity contribution in [2.75, 3.05) is 0 Å². The molecule has 1 aromatic carbocycles. The molecule has 4 heteroatoms. The Morgan fingerprint density at radius 1 is 1.50 bits per heavy atom. The number of carbonyl (C=O) groups excluding carboxylic acids is 1. The van der Waals surface area contributed by atoms with E-state index in [-0.39, 0.29) is 5.89 Å². The molecular weight excluding hydrogens is 161 g/mol.